The van der Waals surface area contributed by atoms with E-state index < -0.39 is 15.8 Å². The van der Waals surface area contributed by atoms with Gasteiger partial charge in [0, 0.05) is 25.2 Å². The van der Waals surface area contributed by atoms with Crippen molar-refractivity contribution in [2.75, 3.05) is 13.1 Å². The van der Waals surface area contributed by atoms with Gasteiger partial charge >= 0.3 is 0 Å². The first-order valence-corrected chi connectivity index (χ1v) is 10.7. The molecule has 150 valence electrons. The molecular weight excluding hydrogens is 381 g/mol. The Hall–Kier alpha value is -2.32. The number of nitrogens with one attached hydrogen (secondary N) is 1. The molecule has 1 amide bonds. The van der Waals surface area contributed by atoms with Gasteiger partial charge in [0.25, 0.3) is 0 Å². The van der Waals surface area contributed by atoms with Crippen LogP contribution in [0.2, 0.25) is 0 Å². The van der Waals surface area contributed by atoms with Crippen molar-refractivity contribution < 1.29 is 17.6 Å². The van der Waals surface area contributed by atoms with Crippen LogP contribution in [0.15, 0.2) is 47.4 Å². The summed E-state index contributed by atoms with van der Waals surface area (Å²) < 4.78 is 40.0. The maximum absolute atomic E-state index is 13.4. The second kappa shape index (κ2) is 8.79. The number of carbonyl (C=O) groups excluding carboxylic acids is 1. The maximum atomic E-state index is 13.4. The van der Waals surface area contributed by atoms with Gasteiger partial charge in [0.05, 0.1) is 17.1 Å². The Morgan fingerprint density at radius 2 is 1.93 bits per heavy atom. The fourth-order valence-electron chi connectivity index (χ4n) is 3.35. The molecule has 0 radical (unpaired) electrons. The Bertz CT molecular complexity index is 941. The molecule has 8 heteroatoms. The lowest BCUT2D eigenvalue weighted by molar-refractivity contribution is -0.122. The molecule has 1 N–H and O–H groups in total. The third-order valence-electron chi connectivity index (χ3n) is 4.89. The Kier molecular flexibility index (Phi) is 6.41. The minimum atomic E-state index is -3.70. The zero-order valence-electron chi connectivity index (χ0n) is 15.8. The Balaban J connectivity index is 1.49. The summed E-state index contributed by atoms with van der Waals surface area (Å²) in [6, 6.07) is 10.7. The number of carbonyl (C=O) groups is 1. The van der Waals surface area contributed by atoms with Crippen molar-refractivity contribution in [2.24, 2.45) is 5.92 Å². The van der Waals surface area contributed by atoms with E-state index in [9.17, 15) is 17.6 Å². The number of piperidine rings is 1. The van der Waals surface area contributed by atoms with Crippen LogP contribution >= 0.6 is 0 Å². The highest BCUT2D eigenvalue weighted by Gasteiger charge is 2.30. The van der Waals surface area contributed by atoms with E-state index in [1.54, 1.807) is 0 Å². The fourth-order valence-corrected chi connectivity index (χ4v) is 4.85. The smallest absolute Gasteiger partial charge is 0.243 e. The molecule has 0 unspecified atom stereocenters. The summed E-state index contributed by atoms with van der Waals surface area (Å²) in [6.45, 7) is 2.94. The molecule has 2 aromatic rings. The average molecular weight is 405 g/mol. The molecule has 28 heavy (non-hydrogen) atoms. The average Bonchev–Trinajstić information content (AvgIpc) is 2.67. The maximum Gasteiger partial charge on any atom is 0.243 e. The molecule has 1 aliphatic heterocycles. The zero-order chi connectivity index (χ0) is 20.1. The van der Waals surface area contributed by atoms with Crippen LogP contribution in [-0.2, 0) is 21.4 Å². The van der Waals surface area contributed by atoms with Crippen LogP contribution in [-0.4, -0.2) is 36.7 Å². The summed E-state index contributed by atoms with van der Waals surface area (Å²) in [4.78, 5) is 16.5. The highest BCUT2D eigenvalue weighted by atomic mass is 32.2. The van der Waals surface area contributed by atoms with Crippen LogP contribution < -0.4 is 5.32 Å². The van der Waals surface area contributed by atoms with Crippen molar-refractivity contribution in [3.63, 3.8) is 0 Å². The SMILES string of the molecule is Cc1cccc(CNC(=O)CC2CCN(S(=O)(=O)c3cccc(F)c3)CC2)n1. The van der Waals surface area contributed by atoms with Crippen molar-refractivity contribution in [3.05, 3.63) is 59.7 Å². The number of aromatic nitrogens is 1. The van der Waals surface area contributed by atoms with E-state index in [0.717, 1.165) is 17.5 Å². The lowest BCUT2D eigenvalue weighted by Gasteiger charge is -2.31. The van der Waals surface area contributed by atoms with E-state index in [2.05, 4.69) is 10.3 Å². The van der Waals surface area contributed by atoms with Crippen LogP contribution in [0.1, 0.15) is 30.7 Å². The van der Waals surface area contributed by atoms with Crippen molar-refractivity contribution in [3.8, 4) is 0 Å². The number of hydrogen-bond acceptors (Lipinski definition) is 4. The van der Waals surface area contributed by atoms with Gasteiger partial charge in [-0.15, -0.1) is 0 Å². The minimum absolute atomic E-state index is 0.0330. The van der Waals surface area contributed by atoms with Crippen LogP contribution in [0.3, 0.4) is 0 Å². The Labute approximate surface area is 164 Å². The predicted octanol–water partition coefficient (Wildman–Crippen LogP) is 2.64. The predicted molar refractivity (Wildman–Crippen MR) is 103 cm³/mol. The van der Waals surface area contributed by atoms with Gasteiger partial charge in [-0.05, 0) is 56.0 Å². The second-order valence-corrected chi connectivity index (χ2v) is 8.99. The van der Waals surface area contributed by atoms with E-state index in [4.69, 9.17) is 0 Å². The molecule has 1 saturated heterocycles. The molecule has 3 rings (SSSR count). The first kappa shape index (κ1) is 20.4. The van der Waals surface area contributed by atoms with E-state index >= 15 is 0 Å². The largest absolute Gasteiger partial charge is 0.350 e. The minimum Gasteiger partial charge on any atom is -0.350 e. The summed E-state index contributed by atoms with van der Waals surface area (Å²) in [6.07, 6.45) is 1.56. The monoisotopic (exact) mass is 405 g/mol. The van der Waals surface area contributed by atoms with E-state index in [1.165, 1.54) is 22.5 Å². The normalized spacial score (nSPS) is 16.1. The van der Waals surface area contributed by atoms with E-state index in [-0.39, 0.29) is 16.7 Å². The summed E-state index contributed by atoms with van der Waals surface area (Å²) in [5, 5.41) is 2.87. The van der Waals surface area contributed by atoms with Crippen LogP contribution in [0.4, 0.5) is 4.39 Å². The fraction of sp³-hybridized carbons (Fsp3) is 0.400. The first-order chi connectivity index (χ1) is 13.3. The van der Waals surface area contributed by atoms with E-state index in [1.807, 2.05) is 25.1 Å². The third-order valence-corrected chi connectivity index (χ3v) is 6.79. The Morgan fingerprint density at radius 3 is 2.61 bits per heavy atom. The van der Waals surface area contributed by atoms with E-state index in [0.29, 0.717) is 38.9 Å². The molecule has 0 atom stereocenters. The number of nitrogens with zero attached hydrogens (tertiary/aromatic N) is 2. The van der Waals surface area contributed by atoms with Crippen molar-refractivity contribution in [2.45, 2.75) is 37.6 Å². The number of pyridine rings is 1. The topological polar surface area (TPSA) is 79.4 Å². The molecule has 1 aromatic carbocycles. The molecule has 0 bridgehead atoms. The van der Waals surface area contributed by atoms with Gasteiger partial charge in [-0.3, -0.25) is 9.78 Å². The molecule has 0 saturated carbocycles. The number of rotatable bonds is 6. The highest BCUT2D eigenvalue weighted by molar-refractivity contribution is 7.89. The summed E-state index contributed by atoms with van der Waals surface area (Å²) in [5.74, 6) is -0.505. The van der Waals surface area contributed by atoms with Gasteiger partial charge in [0.15, 0.2) is 0 Å². The Morgan fingerprint density at radius 1 is 1.21 bits per heavy atom. The molecular formula is C20H24FN3O3S. The zero-order valence-corrected chi connectivity index (χ0v) is 16.6. The molecule has 2 heterocycles. The third kappa shape index (κ3) is 5.14. The number of halogens is 1. The number of benzene rings is 1. The number of aryl methyl sites for hydroxylation is 1. The van der Waals surface area contributed by atoms with Gasteiger partial charge in [-0.25, -0.2) is 12.8 Å². The van der Waals surface area contributed by atoms with Crippen LogP contribution in [0.5, 0.6) is 0 Å². The summed E-state index contributed by atoms with van der Waals surface area (Å²) in [7, 11) is -3.70. The van der Waals surface area contributed by atoms with Crippen molar-refractivity contribution in [1.29, 1.82) is 0 Å². The number of hydrogen-bond donors (Lipinski definition) is 1. The molecule has 6 nitrogen and oxygen atoms in total. The van der Waals surface area contributed by atoms with Gasteiger partial charge in [0.1, 0.15) is 5.82 Å². The highest BCUT2D eigenvalue weighted by Crippen LogP contribution is 2.26. The molecule has 1 aromatic heterocycles. The molecule has 1 aliphatic rings. The van der Waals surface area contributed by atoms with Gasteiger partial charge in [0.2, 0.25) is 15.9 Å². The lowest BCUT2D eigenvalue weighted by atomic mass is 9.94. The van der Waals surface area contributed by atoms with Gasteiger partial charge in [-0.1, -0.05) is 12.1 Å². The summed E-state index contributed by atoms with van der Waals surface area (Å²) >= 11 is 0. The van der Waals surface area contributed by atoms with Crippen molar-refractivity contribution in [1.82, 2.24) is 14.6 Å². The summed E-state index contributed by atoms with van der Waals surface area (Å²) in [5.41, 5.74) is 1.71. The second-order valence-electron chi connectivity index (χ2n) is 7.06. The molecule has 1 fully saturated rings. The van der Waals surface area contributed by atoms with Crippen LogP contribution in [0.25, 0.3) is 0 Å². The lowest BCUT2D eigenvalue weighted by Crippen LogP contribution is -2.39. The first-order valence-electron chi connectivity index (χ1n) is 9.29. The number of amides is 1. The quantitative estimate of drug-likeness (QED) is 0.801. The number of sulfonamides is 1. The molecule has 0 spiro atoms. The van der Waals surface area contributed by atoms with Gasteiger partial charge in [-0.2, -0.15) is 4.31 Å². The molecule has 0 aliphatic carbocycles. The van der Waals surface area contributed by atoms with Crippen molar-refractivity contribution >= 4 is 15.9 Å². The van der Waals surface area contributed by atoms with Gasteiger partial charge < -0.3 is 5.32 Å². The standard InChI is InChI=1S/C20H24FN3O3S/c1-15-4-2-6-18(23-15)14-22-20(25)12-16-8-10-24(11-9-16)28(26,27)19-7-3-5-17(21)13-19/h2-7,13,16H,8-12,14H2,1H3,(H,22,25). The van der Waals surface area contributed by atoms with Crippen LogP contribution in [0, 0.1) is 18.7 Å².